The molecular weight excluding hydrogens is 520 g/mol. The minimum absolute atomic E-state index is 0.0297. The first kappa shape index (κ1) is 28.1. The number of hydrogen-bond acceptors (Lipinski definition) is 7. The van der Waals surface area contributed by atoms with Crippen molar-refractivity contribution in [2.24, 2.45) is 0 Å². The van der Waals surface area contributed by atoms with Crippen molar-refractivity contribution in [1.29, 1.82) is 0 Å². The molecule has 3 rings (SSSR count). The van der Waals surface area contributed by atoms with Crippen LogP contribution in [0.1, 0.15) is 57.5 Å². The lowest BCUT2D eigenvalue weighted by molar-refractivity contribution is -0.107. The van der Waals surface area contributed by atoms with E-state index in [1.54, 1.807) is 24.3 Å². The zero-order valence-corrected chi connectivity index (χ0v) is 21.8. The van der Waals surface area contributed by atoms with E-state index in [1.807, 2.05) is 38.1 Å². The van der Waals surface area contributed by atoms with E-state index < -0.39 is 0 Å². The van der Waals surface area contributed by atoms with Crippen LogP contribution >= 0.6 is 27.7 Å². The number of aldehydes is 1. The number of carbonyl (C=O) groups is 3. The van der Waals surface area contributed by atoms with E-state index in [2.05, 4.69) is 15.9 Å². The van der Waals surface area contributed by atoms with Crippen molar-refractivity contribution >= 4 is 45.9 Å². The minimum atomic E-state index is -0.333. The van der Waals surface area contributed by atoms with Crippen molar-refractivity contribution < 1.29 is 29.0 Å². The van der Waals surface area contributed by atoms with Gasteiger partial charge in [-0.3, -0.25) is 0 Å². The van der Waals surface area contributed by atoms with E-state index in [-0.39, 0.29) is 34.1 Å². The summed E-state index contributed by atoms with van der Waals surface area (Å²) >= 11 is 4.84. The van der Waals surface area contributed by atoms with Gasteiger partial charge in [-0.05, 0) is 57.4 Å². The predicted molar refractivity (Wildman–Crippen MR) is 138 cm³/mol. The Morgan fingerprint density at radius 3 is 2.00 bits per heavy atom. The van der Waals surface area contributed by atoms with E-state index in [0.29, 0.717) is 30.6 Å². The number of halogens is 1. The molecule has 184 valence electrons. The number of thioether (sulfide) groups is 1. The second-order valence-corrected chi connectivity index (χ2v) is 10.8. The number of esters is 2. The Bertz CT molecular complexity index is 916. The number of rotatable bonds is 9. The molecule has 1 aliphatic heterocycles. The predicted octanol–water partition coefficient (Wildman–Crippen LogP) is 5.26. The van der Waals surface area contributed by atoms with Crippen LogP contribution in [-0.4, -0.2) is 52.1 Å². The minimum Gasteiger partial charge on any atom is -0.461 e. The van der Waals surface area contributed by atoms with Crippen LogP contribution in [0.5, 0.6) is 0 Å². The molecule has 0 amide bonds. The largest absolute Gasteiger partial charge is 0.461 e. The van der Waals surface area contributed by atoms with Gasteiger partial charge in [0.2, 0.25) is 0 Å². The maximum absolute atomic E-state index is 11.7. The molecule has 6 nitrogen and oxygen atoms in total. The molecule has 0 bridgehead atoms. The smallest absolute Gasteiger partial charge is 0.338 e. The monoisotopic (exact) mass is 550 g/mol. The molecule has 0 spiro atoms. The molecule has 2 aromatic carbocycles. The summed E-state index contributed by atoms with van der Waals surface area (Å²) in [7, 11) is 0. The molecule has 0 aliphatic carbocycles. The Morgan fingerprint density at radius 1 is 1.00 bits per heavy atom. The summed E-state index contributed by atoms with van der Waals surface area (Å²) in [6, 6.07) is 14.6. The molecule has 1 fully saturated rings. The molecule has 1 unspecified atom stereocenters. The lowest BCUT2D eigenvalue weighted by Gasteiger charge is -2.10. The Balaban J connectivity index is 0.000000240. The number of aliphatic hydroxyl groups is 1. The second-order valence-electron chi connectivity index (χ2n) is 8.06. The molecule has 2 aromatic rings. The normalized spacial score (nSPS) is 17.8. The van der Waals surface area contributed by atoms with E-state index in [0.717, 1.165) is 30.3 Å². The molecule has 1 heterocycles. The van der Waals surface area contributed by atoms with E-state index >= 15 is 0 Å². The number of aryl methyl sites for hydroxylation is 2. The Hall–Kier alpha value is -2.16. The van der Waals surface area contributed by atoms with Crippen LogP contribution in [0.15, 0.2) is 48.5 Å². The van der Waals surface area contributed by atoms with Crippen LogP contribution in [-0.2, 0) is 14.3 Å². The van der Waals surface area contributed by atoms with Crippen molar-refractivity contribution in [2.75, 3.05) is 13.2 Å². The summed E-state index contributed by atoms with van der Waals surface area (Å²) in [6.07, 6.45) is 3.70. The van der Waals surface area contributed by atoms with Crippen molar-refractivity contribution in [3.05, 3.63) is 70.8 Å². The van der Waals surface area contributed by atoms with Crippen molar-refractivity contribution in [3.63, 3.8) is 0 Å². The van der Waals surface area contributed by atoms with Crippen molar-refractivity contribution in [2.45, 2.75) is 55.0 Å². The maximum atomic E-state index is 11.7. The summed E-state index contributed by atoms with van der Waals surface area (Å²) in [5.74, 6) is -0.618. The van der Waals surface area contributed by atoms with Crippen molar-refractivity contribution in [3.8, 4) is 0 Å². The van der Waals surface area contributed by atoms with Gasteiger partial charge >= 0.3 is 11.9 Å². The van der Waals surface area contributed by atoms with Gasteiger partial charge in [0.25, 0.3) is 0 Å². The van der Waals surface area contributed by atoms with Crippen LogP contribution in [0.25, 0.3) is 0 Å². The molecule has 0 saturated carbocycles. The number of benzene rings is 2. The van der Waals surface area contributed by atoms with Crippen LogP contribution in [0.4, 0.5) is 0 Å². The van der Waals surface area contributed by atoms with Gasteiger partial charge in [-0.25, -0.2) is 9.59 Å². The third-order valence-electron chi connectivity index (χ3n) is 5.05. The first-order chi connectivity index (χ1) is 16.3. The fraction of sp³-hybridized carbons (Fsp3) is 0.423. The number of hydrogen-bond donors (Lipinski definition) is 1. The Kier molecular flexibility index (Phi) is 12.4. The standard InChI is InChI=1S/C13H15BrO3.C13H16O3S/c1-10-4-6-11(7-5-10)13(16)17-9-12(14)3-2-8-15;1-9-2-4-10(5-3-9)13(15)16-8-11-6-7-12(14)17-11/h4-8,12H,2-3,9H2,1H3;2-5,11-12,14H,6-8H2,1H3/t12-;11-,12?/m10/s1. The number of aliphatic hydroxyl groups excluding tert-OH is 1. The third kappa shape index (κ3) is 10.4. The van der Waals surface area contributed by atoms with Gasteiger partial charge in [-0.2, -0.15) is 0 Å². The first-order valence-corrected chi connectivity index (χ1v) is 13.0. The first-order valence-electron chi connectivity index (χ1n) is 11.2. The summed E-state index contributed by atoms with van der Waals surface area (Å²) in [4.78, 5) is 33.5. The van der Waals surface area contributed by atoms with Gasteiger partial charge in [0.1, 0.15) is 19.5 Å². The molecule has 1 N–H and O–H groups in total. The second kappa shape index (κ2) is 15.0. The van der Waals surface area contributed by atoms with Crippen LogP contribution < -0.4 is 0 Å². The van der Waals surface area contributed by atoms with Crippen LogP contribution in [0.3, 0.4) is 0 Å². The average Bonchev–Trinajstić information content (AvgIpc) is 3.26. The zero-order valence-electron chi connectivity index (χ0n) is 19.4. The van der Waals surface area contributed by atoms with Gasteiger partial charge in [0.15, 0.2) is 0 Å². The molecule has 1 saturated heterocycles. The number of ether oxygens (including phenoxy) is 2. The maximum Gasteiger partial charge on any atom is 0.338 e. The van der Waals surface area contributed by atoms with Gasteiger partial charge in [0.05, 0.1) is 16.6 Å². The molecule has 0 aromatic heterocycles. The van der Waals surface area contributed by atoms with Crippen molar-refractivity contribution in [1.82, 2.24) is 0 Å². The Morgan fingerprint density at radius 2 is 1.53 bits per heavy atom. The van der Waals surface area contributed by atoms with E-state index in [1.165, 1.54) is 11.8 Å². The zero-order chi connectivity index (χ0) is 24.9. The molecule has 8 heteroatoms. The van der Waals surface area contributed by atoms with Crippen LogP contribution in [0, 0.1) is 13.8 Å². The topological polar surface area (TPSA) is 89.9 Å². The lowest BCUT2D eigenvalue weighted by Crippen LogP contribution is -2.14. The Labute approximate surface area is 213 Å². The lowest BCUT2D eigenvalue weighted by atomic mass is 10.1. The van der Waals surface area contributed by atoms with Crippen LogP contribution in [0.2, 0.25) is 0 Å². The van der Waals surface area contributed by atoms with E-state index in [4.69, 9.17) is 9.47 Å². The number of alkyl halides is 1. The summed E-state index contributed by atoms with van der Waals surface area (Å²) < 4.78 is 10.4. The molecular formula is C26H31BrO6S. The molecule has 0 radical (unpaired) electrons. The quantitative estimate of drug-likeness (QED) is 0.258. The summed E-state index contributed by atoms with van der Waals surface area (Å²) in [5.41, 5.74) is 3.06. The SMILES string of the molecule is Cc1ccc(C(=O)OC[C@@H]2CCC(O)S2)cc1.Cc1ccc(C(=O)OC[C@H](Br)CCC=O)cc1. The molecule has 34 heavy (non-hydrogen) atoms. The van der Waals surface area contributed by atoms with E-state index in [9.17, 15) is 19.5 Å². The highest BCUT2D eigenvalue weighted by atomic mass is 79.9. The summed E-state index contributed by atoms with van der Waals surface area (Å²) in [6.45, 7) is 4.60. The fourth-order valence-electron chi connectivity index (χ4n) is 3.02. The highest BCUT2D eigenvalue weighted by Gasteiger charge is 2.24. The molecule has 3 atom stereocenters. The third-order valence-corrected chi connectivity index (χ3v) is 7.08. The fourth-order valence-corrected chi connectivity index (χ4v) is 4.55. The van der Waals surface area contributed by atoms with Gasteiger partial charge < -0.3 is 19.4 Å². The average molecular weight is 551 g/mol. The highest BCUT2D eigenvalue weighted by molar-refractivity contribution is 9.09. The van der Waals surface area contributed by atoms with Gasteiger partial charge in [-0.1, -0.05) is 51.3 Å². The summed E-state index contributed by atoms with van der Waals surface area (Å²) in [5, 5.41) is 9.57. The highest BCUT2D eigenvalue weighted by Crippen LogP contribution is 2.32. The van der Waals surface area contributed by atoms with Gasteiger partial charge in [0, 0.05) is 16.5 Å². The number of carbonyl (C=O) groups excluding carboxylic acids is 3. The van der Waals surface area contributed by atoms with Gasteiger partial charge in [-0.15, -0.1) is 11.8 Å². The molecule has 1 aliphatic rings.